The van der Waals surface area contributed by atoms with Gasteiger partial charge in [-0.05, 0) is 42.8 Å². The molecule has 7 heteroatoms. The third-order valence-electron chi connectivity index (χ3n) is 2.93. The molecule has 21 heavy (non-hydrogen) atoms. The van der Waals surface area contributed by atoms with E-state index in [0.29, 0.717) is 12.1 Å². The molecule has 0 saturated carbocycles. The molecule has 1 aromatic carbocycles. The molecule has 6 nitrogen and oxygen atoms in total. The summed E-state index contributed by atoms with van der Waals surface area (Å²) >= 11 is 0. The van der Waals surface area contributed by atoms with Gasteiger partial charge in [-0.2, -0.15) is 5.10 Å². The van der Waals surface area contributed by atoms with Crippen LogP contribution >= 0.6 is 0 Å². The van der Waals surface area contributed by atoms with E-state index in [4.69, 9.17) is 0 Å². The number of nitrogens with one attached hydrogen (secondary N) is 2. The Labute approximate surface area is 124 Å². The van der Waals surface area contributed by atoms with Crippen LogP contribution in [0.15, 0.2) is 41.4 Å². The van der Waals surface area contributed by atoms with Crippen molar-refractivity contribution in [1.29, 1.82) is 0 Å². The van der Waals surface area contributed by atoms with Crippen LogP contribution < -0.4 is 10.0 Å². The van der Waals surface area contributed by atoms with Gasteiger partial charge in [0.05, 0.1) is 4.90 Å². The van der Waals surface area contributed by atoms with Crippen LogP contribution in [-0.2, 0) is 16.6 Å². The SMILES string of the molecule is CCNCc1ccc(C)c(S(=O)(=O)Nc2cccnn2)c1. The van der Waals surface area contributed by atoms with E-state index in [9.17, 15) is 8.42 Å². The van der Waals surface area contributed by atoms with Gasteiger partial charge >= 0.3 is 0 Å². The molecule has 1 heterocycles. The smallest absolute Gasteiger partial charge is 0.263 e. The minimum Gasteiger partial charge on any atom is -0.313 e. The van der Waals surface area contributed by atoms with Crippen molar-refractivity contribution in [2.24, 2.45) is 0 Å². The quantitative estimate of drug-likeness (QED) is 0.848. The maximum Gasteiger partial charge on any atom is 0.263 e. The van der Waals surface area contributed by atoms with E-state index in [2.05, 4.69) is 20.2 Å². The number of hydrogen-bond donors (Lipinski definition) is 2. The molecule has 0 spiro atoms. The topological polar surface area (TPSA) is 84.0 Å². The van der Waals surface area contributed by atoms with Gasteiger partial charge in [0.25, 0.3) is 10.0 Å². The van der Waals surface area contributed by atoms with Gasteiger partial charge in [0, 0.05) is 12.7 Å². The van der Waals surface area contributed by atoms with Crippen molar-refractivity contribution >= 4 is 15.8 Å². The number of anilines is 1. The number of sulfonamides is 1. The van der Waals surface area contributed by atoms with Gasteiger partial charge in [-0.25, -0.2) is 8.42 Å². The van der Waals surface area contributed by atoms with Crippen LogP contribution in [-0.4, -0.2) is 25.2 Å². The minimum atomic E-state index is -3.67. The summed E-state index contributed by atoms with van der Waals surface area (Å²) in [5, 5.41) is 10.6. The zero-order valence-corrected chi connectivity index (χ0v) is 12.8. The van der Waals surface area contributed by atoms with Gasteiger partial charge in [-0.1, -0.05) is 19.1 Å². The molecular weight excluding hydrogens is 288 g/mol. The molecule has 1 aromatic heterocycles. The predicted molar refractivity (Wildman–Crippen MR) is 81.4 cm³/mol. The Balaban J connectivity index is 2.30. The highest BCUT2D eigenvalue weighted by molar-refractivity contribution is 7.92. The van der Waals surface area contributed by atoms with Gasteiger partial charge in [0.1, 0.15) is 0 Å². The summed E-state index contributed by atoms with van der Waals surface area (Å²) in [5.74, 6) is 0.203. The zero-order valence-electron chi connectivity index (χ0n) is 12.0. The molecule has 0 saturated heterocycles. The number of nitrogens with zero attached hydrogens (tertiary/aromatic N) is 2. The Morgan fingerprint density at radius 2 is 2.05 bits per heavy atom. The first-order valence-electron chi connectivity index (χ1n) is 6.63. The fourth-order valence-electron chi connectivity index (χ4n) is 1.86. The van der Waals surface area contributed by atoms with Crippen molar-refractivity contribution in [1.82, 2.24) is 15.5 Å². The molecule has 0 aliphatic carbocycles. The third kappa shape index (κ3) is 3.99. The molecule has 2 N–H and O–H groups in total. The third-order valence-corrected chi connectivity index (χ3v) is 4.43. The maximum absolute atomic E-state index is 12.4. The molecule has 0 atom stereocenters. The van der Waals surface area contributed by atoms with Gasteiger partial charge in [0.2, 0.25) is 0 Å². The van der Waals surface area contributed by atoms with Gasteiger partial charge in [-0.15, -0.1) is 5.10 Å². The lowest BCUT2D eigenvalue weighted by Crippen LogP contribution is -2.17. The van der Waals surface area contributed by atoms with Crippen LogP contribution in [0.25, 0.3) is 0 Å². The lowest BCUT2D eigenvalue weighted by atomic mass is 10.1. The van der Waals surface area contributed by atoms with Crippen LogP contribution in [0, 0.1) is 6.92 Å². The van der Waals surface area contributed by atoms with E-state index in [1.54, 1.807) is 31.2 Å². The highest BCUT2D eigenvalue weighted by Crippen LogP contribution is 2.19. The molecule has 0 aliphatic rings. The number of aromatic nitrogens is 2. The highest BCUT2D eigenvalue weighted by atomic mass is 32.2. The normalized spacial score (nSPS) is 11.3. The molecule has 112 valence electrons. The number of hydrogen-bond acceptors (Lipinski definition) is 5. The molecule has 0 unspecified atom stereocenters. The summed E-state index contributed by atoms with van der Waals surface area (Å²) in [7, 11) is -3.67. The second kappa shape index (κ2) is 6.64. The van der Waals surface area contributed by atoms with Gasteiger partial charge in [-0.3, -0.25) is 4.72 Å². The van der Waals surface area contributed by atoms with Gasteiger partial charge < -0.3 is 5.32 Å². The van der Waals surface area contributed by atoms with Crippen LogP contribution in [0.5, 0.6) is 0 Å². The standard InChI is InChI=1S/C14H18N4O2S/c1-3-15-10-12-7-6-11(2)13(9-12)21(19,20)18-14-5-4-8-16-17-14/h4-9,15H,3,10H2,1-2H3,(H,17,18). The molecule has 0 aliphatic heterocycles. The monoisotopic (exact) mass is 306 g/mol. The summed E-state index contributed by atoms with van der Waals surface area (Å²) in [4.78, 5) is 0.253. The van der Waals surface area contributed by atoms with Crippen molar-refractivity contribution in [3.8, 4) is 0 Å². The second-order valence-electron chi connectivity index (χ2n) is 4.59. The van der Waals surface area contributed by atoms with E-state index in [-0.39, 0.29) is 10.7 Å². The molecular formula is C14H18N4O2S. The Hall–Kier alpha value is -1.99. The Kier molecular flexibility index (Phi) is 4.87. The van der Waals surface area contributed by atoms with Crippen LogP contribution in [0.4, 0.5) is 5.82 Å². The van der Waals surface area contributed by atoms with Crippen molar-refractivity contribution in [2.75, 3.05) is 11.3 Å². The summed E-state index contributed by atoms with van der Waals surface area (Å²) in [6.45, 7) is 5.22. The fraction of sp³-hybridized carbons (Fsp3) is 0.286. The van der Waals surface area contributed by atoms with E-state index >= 15 is 0 Å². The molecule has 0 radical (unpaired) electrons. The largest absolute Gasteiger partial charge is 0.313 e. The Morgan fingerprint density at radius 3 is 2.71 bits per heavy atom. The number of benzene rings is 1. The lowest BCUT2D eigenvalue weighted by Gasteiger charge is -2.11. The zero-order chi connectivity index (χ0) is 15.3. The average Bonchev–Trinajstić information content (AvgIpc) is 2.47. The first kappa shape index (κ1) is 15.4. The first-order chi connectivity index (χ1) is 10.0. The average molecular weight is 306 g/mol. The molecule has 2 rings (SSSR count). The van der Waals surface area contributed by atoms with E-state index < -0.39 is 10.0 Å². The molecule has 0 fully saturated rings. The van der Waals surface area contributed by atoms with E-state index in [0.717, 1.165) is 12.1 Å². The predicted octanol–water partition coefficient (Wildman–Crippen LogP) is 1.70. The molecule has 2 aromatic rings. The molecule has 0 bridgehead atoms. The van der Waals surface area contributed by atoms with Gasteiger partial charge in [0.15, 0.2) is 5.82 Å². The second-order valence-corrected chi connectivity index (χ2v) is 6.25. The Bertz CT molecular complexity index is 702. The summed E-state index contributed by atoms with van der Waals surface area (Å²) < 4.78 is 27.3. The minimum absolute atomic E-state index is 0.203. The van der Waals surface area contributed by atoms with Crippen LogP contribution in [0.1, 0.15) is 18.1 Å². The van der Waals surface area contributed by atoms with E-state index in [1.165, 1.54) is 6.20 Å². The Morgan fingerprint density at radius 1 is 1.24 bits per heavy atom. The van der Waals surface area contributed by atoms with Crippen molar-refractivity contribution in [3.05, 3.63) is 47.7 Å². The first-order valence-corrected chi connectivity index (χ1v) is 8.12. The van der Waals surface area contributed by atoms with Crippen molar-refractivity contribution in [2.45, 2.75) is 25.3 Å². The summed E-state index contributed by atoms with van der Waals surface area (Å²) in [5.41, 5.74) is 1.61. The van der Waals surface area contributed by atoms with E-state index in [1.807, 2.05) is 13.0 Å². The van der Waals surface area contributed by atoms with Crippen molar-refractivity contribution < 1.29 is 8.42 Å². The van der Waals surface area contributed by atoms with Crippen LogP contribution in [0.2, 0.25) is 0 Å². The fourth-order valence-corrected chi connectivity index (χ4v) is 3.15. The maximum atomic E-state index is 12.4. The summed E-state index contributed by atoms with van der Waals surface area (Å²) in [6, 6.07) is 8.58. The molecule has 0 amide bonds. The number of rotatable bonds is 6. The lowest BCUT2D eigenvalue weighted by molar-refractivity contribution is 0.600. The highest BCUT2D eigenvalue weighted by Gasteiger charge is 2.18. The number of aryl methyl sites for hydroxylation is 1. The summed E-state index contributed by atoms with van der Waals surface area (Å²) in [6.07, 6.45) is 1.49. The van der Waals surface area contributed by atoms with Crippen molar-refractivity contribution in [3.63, 3.8) is 0 Å². The van der Waals surface area contributed by atoms with Crippen LogP contribution in [0.3, 0.4) is 0 Å².